The quantitative estimate of drug-likeness (QED) is 0.820. The van der Waals surface area contributed by atoms with E-state index in [9.17, 15) is 0 Å². The van der Waals surface area contributed by atoms with E-state index in [2.05, 4.69) is 26.4 Å². The van der Waals surface area contributed by atoms with Crippen molar-refractivity contribution in [2.45, 2.75) is 30.5 Å². The molecule has 1 fully saturated rings. The maximum absolute atomic E-state index is 4.45. The van der Waals surface area contributed by atoms with Gasteiger partial charge in [0.05, 0.1) is 5.69 Å². The van der Waals surface area contributed by atoms with Crippen LogP contribution >= 0.6 is 11.8 Å². The topological polar surface area (TPSA) is 41.0 Å². The second kappa shape index (κ2) is 6.33. The number of piperidine rings is 1. The first-order chi connectivity index (χ1) is 8.33. The summed E-state index contributed by atoms with van der Waals surface area (Å²) < 4.78 is 0. The Bertz CT molecular complexity index is 358. The van der Waals surface area contributed by atoms with E-state index >= 15 is 0 Å². The van der Waals surface area contributed by atoms with Crippen molar-refractivity contribution in [3.05, 3.63) is 18.1 Å². The molecule has 0 aliphatic carbocycles. The van der Waals surface area contributed by atoms with Gasteiger partial charge in [0, 0.05) is 31.5 Å². The monoisotopic (exact) mass is 252 g/mol. The van der Waals surface area contributed by atoms with Crippen molar-refractivity contribution in [2.75, 3.05) is 26.4 Å². The molecule has 0 amide bonds. The van der Waals surface area contributed by atoms with Gasteiger partial charge in [-0.1, -0.05) is 0 Å². The Balaban J connectivity index is 2.00. The summed E-state index contributed by atoms with van der Waals surface area (Å²) in [7, 11) is 2.05. The van der Waals surface area contributed by atoms with E-state index in [1.165, 1.54) is 19.4 Å². The number of rotatable bonds is 4. The molecular formula is C12H20N4S. The number of aromatic nitrogens is 2. The summed E-state index contributed by atoms with van der Waals surface area (Å²) in [6.45, 7) is 3.20. The molecular weight excluding hydrogens is 232 g/mol. The van der Waals surface area contributed by atoms with Gasteiger partial charge in [-0.05, 0) is 32.7 Å². The first kappa shape index (κ1) is 12.8. The Morgan fingerprint density at radius 2 is 2.29 bits per heavy atom. The highest BCUT2D eigenvalue weighted by Crippen LogP contribution is 2.18. The van der Waals surface area contributed by atoms with Crippen molar-refractivity contribution >= 4 is 11.8 Å². The number of hydrogen-bond donors (Lipinski definition) is 1. The molecule has 0 saturated carbocycles. The minimum absolute atomic E-state index is 0.623. The van der Waals surface area contributed by atoms with E-state index in [4.69, 9.17) is 0 Å². The summed E-state index contributed by atoms with van der Waals surface area (Å²) in [5, 5.41) is 4.42. The number of likely N-dealkylation sites (tertiary alicyclic amines) is 1. The third kappa shape index (κ3) is 3.40. The van der Waals surface area contributed by atoms with Crippen LogP contribution < -0.4 is 5.32 Å². The van der Waals surface area contributed by atoms with Crippen LogP contribution in [-0.4, -0.2) is 47.3 Å². The zero-order valence-electron chi connectivity index (χ0n) is 10.5. The molecule has 0 bridgehead atoms. The lowest BCUT2D eigenvalue weighted by atomic mass is 10.1. The molecule has 1 atom stereocenters. The Morgan fingerprint density at radius 3 is 3.06 bits per heavy atom. The summed E-state index contributed by atoms with van der Waals surface area (Å²) in [6.07, 6.45) is 8.15. The van der Waals surface area contributed by atoms with Crippen molar-refractivity contribution in [3.8, 4) is 0 Å². The molecule has 1 aliphatic rings. The van der Waals surface area contributed by atoms with Crippen LogP contribution in [-0.2, 0) is 6.54 Å². The summed E-state index contributed by atoms with van der Waals surface area (Å²) in [5.74, 6) is 0. The van der Waals surface area contributed by atoms with Gasteiger partial charge < -0.3 is 5.32 Å². The van der Waals surface area contributed by atoms with Gasteiger partial charge in [-0.15, -0.1) is 11.8 Å². The third-order valence-corrected chi connectivity index (χ3v) is 3.94. The van der Waals surface area contributed by atoms with E-state index in [0.29, 0.717) is 6.04 Å². The predicted molar refractivity (Wildman–Crippen MR) is 71.2 cm³/mol. The highest BCUT2D eigenvalue weighted by atomic mass is 32.2. The van der Waals surface area contributed by atoms with Crippen molar-refractivity contribution < 1.29 is 0 Å². The van der Waals surface area contributed by atoms with Crippen LogP contribution in [0.15, 0.2) is 17.4 Å². The maximum Gasteiger partial charge on any atom is 0.119 e. The van der Waals surface area contributed by atoms with Crippen LogP contribution in [0.1, 0.15) is 18.5 Å². The molecule has 1 N–H and O–H groups in total. The van der Waals surface area contributed by atoms with Crippen LogP contribution in [0.25, 0.3) is 0 Å². The fraction of sp³-hybridized carbons (Fsp3) is 0.667. The Morgan fingerprint density at radius 1 is 1.47 bits per heavy atom. The third-order valence-electron chi connectivity index (χ3n) is 3.22. The average molecular weight is 252 g/mol. The number of likely N-dealkylation sites (N-methyl/N-ethyl adjacent to an activating group) is 1. The zero-order chi connectivity index (χ0) is 12.1. The summed E-state index contributed by atoms with van der Waals surface area (Å²) >= 11 is 1.67. The van der Waals surface area contributed by atoms with Gasteiger partial charge in [-0.25, -0.2) is 4.98 Å². The average Bonchev–Trinajstić information content (AvgIpc) is 2.39. The first-order valence-corrected chi connectivity index (χ1v) is 7.29. The minimum atomic E-state index is 0.623. The number of hydrogen-bond acceptors (Lipinski definition) is 5. The van der Waals surface area contributed by atoms with Gasteiger partial charge in [0.2, 0.25) is 0 Å². The molecule has 2 rings (SSSR count). The predicted octanol–water partition coefficient (Wildman–Crippen LogP) is 1.38. The Hall–Kier alpha value is -0.650. The molecule has 5 heteroatoms. The highest BCUT2D eigenvalue weighted by Gasteiger charge is 2.19. The molecule has 94 valence electrons. The number of thioether (sulfide) groups is 1. The second-order valence-corrected chi connectivity index (χ2v) is 5.17. The number of nitrogens with one attached hydrogen (secondary N) is 1. The van der Waals surface area contributed by atoms with Gasteiger partial charge in [-0.2, -0.15) is 0 Å². The van der Waals surface area contributed by atoms with Crippen LogP contribution in [0.3, 0.4) is 0 Å². The molecule has 0 radical (unpaired) electrons. The molecule has 1 aromatic rings. The Labute approximate surface area is 107 Å². The van der Waals surface area contributed by atoms with Crippen LogP contribution in [0.4, 0.5) is 0 Å². The summed E-state index contributed by atoms with van der Waals surface area (Å²) in [6, 6.07) is 0.623. The lowest BCUT2D eigenvalue weighted by Crippen LogP contribution is -2.44. The fourth-order valence-corrected chi connectivity index (χ4v) is 2.80. The van der Waals surface area contributed by atoms with Crippen molar-refractivity contribution in [1.29, 1.82) is 0 Å². The second-order valence-electron chi connectivity index (χ2n) is 4.38. The SMILES string of the molecule is CNC1CCCN(Cc2nccnc2SC)C1. The number of nitrogens with zero attached hydrogens (tertiary/aromatic N) is 3. The van der Waals surface area contributed by atoms with Crippen LogP contribution in [0, 0.1) is 0 Å². The normalized spacial score (nSPS) is 21.6. The molecule has 1 aliphatic heterocycles. The molecule has 1 saturated heterocycles. The van der Waals surface area contributed by atoms with Gasteiger partial charge in [0.1, 0.15) is 5.03 Å². The van der Waals surface area contributed by atoms with Crippen molar-refractivity contribution in [1.82, 2.24) is 20.2 Å². The van der Waals surface area contributed by atoms with E-state index in [1.807, 2.05) is 7.05 Å². The molecule has 1 aromatic heterocycles. The fourth-order valence-electron chi connectivity index (χ4n) is 2.28. The summed E-state index contributed by atoms with van der Waals surface area (Å²) in [4.78, 5) is 11.3. The van der Waals surface area contributed by atoms with Gasteiger partial charge in [-0.3, -0.25) is 9.88 Å². The molecule has 1 unspecified atom stereocenters. The van der Waals surface area contributed by atoms with E-state index in [1.54, 1.807) is 24.2 Å². The standard InChI is InChI=1S/C12H20N4S/c1-13-10-4-3-7-16(8-10)9-11-12(17-2)15-6-5-14-11/h5-6,10,13H,3-4,7-9H2,1-2H3. The van der Waals surface area contributed by atoms with Crippen molar-refractivity contribution in [3.63, 3.8) is 0 Å². The molecule has 0 spiro atoms. The highest BCUT2D eigenvalue weighted by molar-refractivity contribution is 7.98. The van der Waals surface area contributed by atoms with Crippen molar-refractivity contribution in [2.24, 2.45) is 0 Å². The molecule has 0 aromatic carbocycles. The van der Waals surface area contributed by atoms with Crippen LogP contribution in [0.5, 0.6) is 0 Å². The minimum Gasteiger partial charge on any atom is -0.316 e. The van der Waals surface area contributed by atoms with Gasteiger partial charge in [0.25, 0.3) is 0 Å². The van der Waals surface area contributed by atoms with Crippen LogP contribution in [0.2, 0.25) is 0 Å². The summed E-state index contributed by atoms with van der Waals surface area (Å²) in [5.41, 5.74) is 1.11. The maximum atomic E-state index is 4.45. The molecule has 4 nitrogen and oxygen atoms in total. The smallest absolute Gasteiger partial charge is 0.119 e. The lowest BCUT2D eigenvalue weighted by molar-refractivity contribution is 0.184. The van der Waals surface area contributed by atoms with Gasteiger partial charge in [0.15, 0.2) is 0 Å². The zero-order valence-corrected chi connectivity index (χ0v) is 11.3. The van der Waals surface area contributed by atoms with E-state index < -0.39 is 0 Å². The lowest BCUT2D eigenvalue weighted by Gasteiger charge is -2.32. The largest absolute Gasteiger partial charge is 0.316 e. The van der Waals surface area contributed by atoms with E-state index in [0.717, 1.165) is 23.8 Å². The Kier molecular flexibility index (Phi) is 4.76. The molecule has 2 heterocycles. The van der Waals surface area contributed by atoms with E-state index in [-0.39, 0.29) is 0 Å². The van der Waals surface area contributed by atoms with Gasteiger partial charge >= 0.3 is 0 Å². The molecule has 17 heavy (non-hydrogen) atoms. The first-order valence-electron chi connectivity index (χ1n) is 6.07.